The molecule has 0 unspecified atom stereocenters. The van der Waals surface area contributed by atoms with Gasteiger partial charge in [-0.3, -0.25) is 4.79 Å². The number of rotatable bonds is 9. The molecule has 0 heterocycles. The van der Waals surface area contributed by atoms with Crippen LogP contribution in [0.15, 0.2) is 66.7 Å². The largest absolute Gasteiger partial charge is 0.504 e. The van der Waals surface area contributed by atoms with Gasteiger partial charge in [0.25, 0.3) is 5.91 Å². The van der Waals surface area contributed by atoms with Crippen LogP contribution in [0, 0.1) is 0 Å². The van der Waals surface area contributed by atoms with Crippen molar-refractivity contribution in [2.45, 2.75) is 44.9 Å². The lowest BCUT2D eigenvalue weighted by Gasteiger charge is -2.13. The maximum Gasteiger partial charge on any atom is 0.329 e. The molecule has 4 rings (SSSR count). The number of carbonyl (C=O) groups excluding carboxylic acids is 2. The van der Waals surface area contributed by atoms with Crippen LogP contribution in [0.1, 0.15) is 60.0 Å². The minimum absolute atomic E-state index is 0.0278. The Kier molecular flexibility index (Phi) is 16.2. The van der Waals surface area contributed by atoms with Crippen LogP contribution in [0.25, 0.3) is 6.08 Å². The van der Waals surface area contributed by atoms with Crippen LogP contribution in [0.5, 0.6) is 17.2 Å². The molecule has 0 bridgehead atoms. The Balaban J connectivity index is 0.000000292. The van der Waals surface area contributed by atoms with Gasteiger partial charge in [0.2, 0.25) is 0 Å². The van der Waals surface area contributed by atoms with E-state index in [1.807, 2.05) is 12.1 Å². The number of phenolic OH excluding ortho intramolecular Hbond substituents is 1. The molecule has 1 aliphatic carbocycles. The highest BCUT2D eigenvalue weighted by molar-refractivity contribution is 7.82. The molecule has 3 aromatic rings. The standard InChI is InChI=1S/C17H18ClN3O3S.C10H10O4.C6H12/c1-24-15-7-4-12(18)10-14(15)16(22)20-9-8-11-2-5-13(6-3-11)21(25)17(19)23;1-14-9-6-7(2-4-8(9)11)3-5-10(12)13;1-2-4-6-5-3-1/h2-7,10,25H,8-9H2,1H3,(H2,19,23)(H,20,22);2-6,11H,1H3,(H,12,13);1-6H2/b;5-3+;. The predicted octanol–water partition coefficient (Wildman–Crippen LogP) is 6.89. The average molecular weight is 658 g/mol. The van der Waals surface area contributed by atoms with Crippen molar-refractivity contribution in [1.29, 1.82) is 0 Å². The SMILES string of the molecule is C1CCCCC1.COc1cc(/C=C/C(=O)O)ccc1O.COc1ccc(Cl)cc1C(=O)NCCc1ccc(N(S)C(N)=O)cc1. The number of aromatic hydroxyl groups is 1. The van der Waals surface area contributed by atoms with Crippen molar-refractivity contribution in [3.05, 3.63) is 88.5 Å². The monoisotopic (exact) mass is 657 g/mol. The lowest BCUT2D eigenvalue weighted by atomic mass is 10.0. The number of hydrogen-bond acceptors (Lipinski definition) is 7. The lowest BCUT2D eigenvalue weighted by Crippen LogP contribution is -2.27. The van der Waals surface area contributed by atoms with E-state index in [1.54, 1.807) is 42.5 Å². The van der Waals surface area contributed by atoms with E-state index in [4.69, 9.17) is 31.9 Å². The molecule has 242 valence electrons. The summed E-state index contributed by atoms with van der Waals surface area (Å²) >= 11 is 9.92. The Morgan fingerprint density at radius 3 is 2.07 bits per heavy atom. The van der Waals surface area contributed by atoms with Gasteiger partial charge in [-0.05, 0) is 66.1 Å². The Morgan fingerprint density at radius 2 is 1.53 bits per heavy atom. The highest BCUT2D eigenvalue weighted by Gasteiger charge is 2.13. The first-order chi connectivity index (χ1) is 21.5. The van der Waals surface area contributed by atoms with Crippen LogP contribution in [-0.2, 0) is 11.2 Å². The van der Waals surface area contributed by atoms with E-state index in [0.717, 1.165) is 15.9 Å². The highest BCUT2D eigenvalue weighted by atomic mass is 35.5. The van der Waals surface area contributed by atoms with Gasteiger partial charge in [0.05, 0.1) is 25.5 Å². The number of carbonyl (C=O) groups is 3. The zero-order valence-electron chi connectivity index (χ0n) is 25.4. The van der Waals surface area contributed by atoms with Gasteiger partial charge in [0.15, 0.2) is 11.5 Å². The third-order valence-electron chi connectivity index (χ3n) is 6.62. The van der Waals surface area contributed by atoms with E-state index in [2.05, 4.69) is 18.1 Å². The maximum absolute atomic E-state index is 12.3. The number of carboxylic acid groups (broad SMARTS) is 1. The number of nitrogens with one attached hydrogen (secondary N) is 1. The normalized spacial score (nSPS) is 12.1. The molecule has 12 heteroatoms. The Morgan fingerprint density at radius 1 is 0.933 bits per heavy atom. The van der Waals surface area contributed by atoms with Crippen molar-refractivity contribution >= 4 is 54.1 Å². The molecule has 1 aliphatic rings. The molecule has 5 N–H and O–H groups in total. The summed E-state index contributed by atoms with van der Waals surface area (Å²) in [5, 5.41) is 20.9. The van der Waals surface area contributed by atoms with Crippen LogP contribution in [0.3, 0.4) is 0 Å². The molecule has 0 atom stereocenters. The highest BCUT2D eigenvalue weighted by Crippen LogP contribution is 2.27. The summed E-state index contributed by atoms with van der Waals surface area (Å²) in [7, 11) is 2.93. The van der Waals surface area contributed by atoms with Crippen LogP contribution in [0.4, 0.5) is 10.5 Å². The number of nitrogens with zero attached hydrogens (tertiary/aromatic N) is 1. The number of primary amides is 1. The number of hydrogen-bond donors (Lipinski definition) is 5. The molecule has 0 spiro atoms. The summed E-state index contributed by atoms with van der Waals surface area (Å²) in [5.74, 6) is -0.465. The summed E-state index contributed by atoms with van der Waals surface area (Å²) in [5.41, 5.74) is 7.76. The topological polar surface area (TPSA) is 151 Å². The number of amides is 3. The molecular formula is C33H40ClN3O7S. The van der Waals surface area contributed by atoms with Crippen molar-refractivity contribution < 1.29 is 34.1 Å². The molecule has 0 saturated heterocycles. The van der Waals surface area contributed by atoms with Gasteiger partial charge in [-0.15, -0.1) is 0 Å². The molecule has 0 aliphatic heterocycles. The minimum Gasteiger partial charge on any atom is -0.504 e. The van der Waals surface area contributed by atoms with Gasteiger partial charge in [-0.1, -0.05) is 81.1 Å². The number of thiol groups is 1. The fraction of sp³-hybridized carbons (Fsp3) is 0.303. The molecule has 45 heavy (non-hydrogen) atoms. The molecular weight excluding hydrogens is 618 g/mol. The van der Waals surface area contributed by atoms with E-state index in [-0.39, 0.29) is 11.7 Å². The van der Waals surface area contributed by atoms with Crippen molar-refractivity contribution in [2.75, 3.05) is 25.1 Å². The number of halogens is 1. The van der Waals surface area contributed by atoms with Crippen LogP contribution in [-0.4, -0.2) is 48.9 Å². The van der Waals surface area contributed by atoms with Gasteiger partial charge in [0, 0.05) is 17.6 Å². The number of aliphatic carboxylic acids is 1. The number of phenols is 1. The Hall–Kier alpha value is -4.35. The molecule has 3 aromatic carbocycles. The third kappa shape index (κ3) is 13.4. The second kappa shape index (κ2) is 19.8. The number of carboxylic acids is 1. The number of anilines is 1. The summed E-state index contributed by atoms with van der Waals surface area (Å²) < 4.78 is 11.1. The average Bonchev–Trinajstić information content (AvgIpc) is 3.05. The summed E-state index contributed by atoms with van der Waals surface area (Å²) in [6.07, 6.45) is 12.1. The number of benzene rings is 3. The van der Waals surface area contributed by atoms with E-state index < -0.39 is 12.0 Å². The van der Waals surface area contributed by atoms with Crippen LogP contribution < -0.4 is 24.8 Å². The molecule has 3 amide bonds. The Bertz CT molecular complexity index is 1420. The smallest absolute Gasteiger partial charge is 0.329 e. The summed E-state index contributed by atoms with van der Waals surface area (Å²) in [4.78, 5) is 33.5. The first-order valence-electron chi connectivity index (χ1n) is 14.3. The van der Waals surface area contributed by atoms with E-state index in [0.29, 0.717) is 46.3 Å². The van der Waals surface area contributed by atoms with Crippen molar-refractivity contribution in [2.24, 2.45) is 5.73 Å². The molecule has 0 radical (unpaired) electrons. The number of urea groups is 1. The van der Waals surface area contributed by atoms with Crippen molar-refractivity contribution in [3.63, 3.8) is 0 Å². The van der Waals surface area contributed by atoms with Crippen LogP contribution >= 0.6 is 24.4 Å². The predicted molar refractivity (Wildman–Crippen MR) is 181 cm³/mol. The van der Waals surface area contributed by atoms with Gasteiger partial charge in [-0.25, -0.2) is 13.9 Å². The molecule has 1 fully saturated rings. The zero-order valence-corrected chi connectivity index (χ0v) is 27.0. The van der Waals surface area contributed by atoms with Crippen molar-refractivity contribution in [1.82, 2.24) is 5.32 Å². The van der Waals surface area contributed by atoms with E-state index in [1.165, 1.54) is 64.9 Å². The van der Waals surface area contributed by atoms with Gasteiger partial charge in [0.1, 0.15) is 5.75 Å². The summed E-state index contributed by atoms with van der Waals surface area (Å²) in [6, 6.07) is 16.0. The summed E-state index contributed by atoms with van der Waals surface area (Å²) in [6.45, 7) is 0.439. The third-order valence-corrected chi connectivity index (χ3v) is 7.28. The van der Waals surface area contributed by atoms with Gasteiger partial charge in [-0.2, -0.15) is 0 Å². The van der Waals surface area contributed by atoms with Gasteiger partial charge < -0.3 is 30.7 Å². The zero-order chi connectivity index (χ0) is 33.2. The first-order valence-corrected chi connectivity index (χ1v) is 15.1. The quantitative estimate of drug-likeness (QED) is 0.124. The lowest BCUT2D eigenvalue weighted by molar-refractivity contribution is -0.131. The fourth-order valence-electron chi connectivity index (χ4n) is 4.23. The maximum atomic E-state index is 12.3. The number of ether oxygens (including phenoxy) is 2. The number of methoxy groups -OCH3 is 2. The molecule has 1 saturated carbocycles. The molecule has 0 aromatic heterocycles. The first kappa shape index (κ1) is 36.8. The van der Waals surface area contributed by atoms with E-state index >= 15 is 0 Å². The van der Waals surface area contributed by atoms with Crippen LogP contribution in [0.2, 0.25) is 5.02 Å². The fourth-order valence-corrected chi connectivity index (χ4v) is 4.54. The second-order valence-electron chi connectivity index (χ2n) is 9.89. The second-order valence-corrected chi connectivity index (χ2v) is 10.7. The van der Waals surface area contributed by atoms with Crippen molar-refractivity contribution in [3.8, 4) is 17.2 Å². The molecule has 10 nitrogen and oxygen atoms in total. The Labute approximate surface area is 274 Å². The van der Waals surface area contributed by atoms with Gasteiger partial charge >= 0.3 is 12.0 Å². The van der Waals surface area contributed by atoms with E-state index in [9.17, 15) is 19.5 Å². The minimum atomic E-state index is -1.02. The number of nitrogens with two attached hydrogens (primary N) is 1.